The highest BCUT2D eigenvalue weighted by atomic mass is 15.3. The van der Waals surface area contributed by atoms with E-state index in [0.29, 0.717) is 0 Å². The van der Waals surface area contributed by atoms with Gasteiger partial charge in [-0.3, -0.25) is 0 Å². The summed E-state index contributed by atoms with van der Waals surface area (Å²) in [5.74, 6) is 0. The van der Waals surface area contributed by atoms with Crippen LogP contribution in [-0.2, 0) is 10.8 Å². The van der Waals surface area contributed by atoms with Crippen LogP contribution in [-0.4, -0.2) is 12.3 Å². The molecule has 1 aliphatic carbocycles. The molecule has 3 heterocycles. The van der Waals surface area contributed by atoms with E-state index >= 15 is 0 Å². The minimum Gasteiger partial charge on any atom is -0.335 e. The lowest BCUT2D eigenvalue weighted by Crippen LogP contribution is -2.64. The molecule has 2 atom stereocenters. The molecule has 56 heavy (non-hydrogen) atoms. The standard InChI is InChI=1S/C52H54BN3/c1-33-17-16-20-38(27-33)54-45-28-34(2)23-24-41(45)53-42-30-37(50(5,6)7)29-40-49(42)56(52(9)26-15-14-25-51(40,52)8)47-32-39(31-46(54)48(47)53)55(43-21-12-10-18-35(43)3)44-22-13-11-19-36(44)4/h10-13,16-24,27-32H,14-15,25-26H2,1-9H3. The molecule has 10 rings (SSSR count). The Bertz CT molecular complexity index is 2550. The van der Waals surface area contributed by atoms with Gasteiger partial charge in [0.25, 0.3) is 6.71 Å². The van der Waals surface area contributed by atoms with E-state index in [1.54, 1.807) is 5.56 Å². The average molecular weight is 732 g/mol. The zero-order valence-corrected chi connectivity index (χ0v) is 34.7. The average Bonchev–Trinajstić information content (AvgIpc) is 3.38. The van der Waals surface area contributed by atoms with Crippen molar-refractivity contribution in [2.24, 2.45) is 0 Å². The van der Waals surface area contributed by atoms with Crippen molar-refractivity contribution in [2.75, 3.05) is 14.7 Å². The molecule has 0 N–H and O–H groups in total. The molecule has 0 amide bonds. The molecule has 0 aromatic heterocycles. The first-order valence-electron chi connectivity index (χ1n) is 20.9. The first kappa shape index (κ1) is 35.2. The van der Waals surface area contributed by atoms with E-state index in [1.165, 1.54) is 115 Å². The van der Waals surface area contributed by atoms with Crippen LogP contribution in [0.4, 0.5) is 45.5 Å². The van der Waals surface area contributed by atoms with Crippen LogP contribution in [0.3, 0.4) is 0 Å². The van der Waals surface area contributed by atoms with Gasteiger partial charge in [-0.05, 0) is 145 Å². The minimum absolute atomic E-state index is 0.0189. The van der Waals surface area contributed by atoms with Crippen LogP contribution in [0.1, 0.15) is 93.7 Å². The predicted octanol–water partition coefficient (Wildman–Crippen LogP) is 12.0. The molecule has 0 bridgehead atoms. The number of aryl methyl sites for hydroxylation is 4. The van der Waals surface area contributed by atoms with Crippen LogP contribution in [0.5, 0.6) is 0 Å². The third kappa shape index (κ3) is 4.84. The van der Waals surface area contributed by atoms with Gasteiger partial charge in [0.2, 0.25) is 0 Å². The van der Waals surface area contributed by atoms with Crippen LogP contribution in [0, 0.1) is 27.7 Å². The van der Waals surface area contributed by atoms with Gasteiger partial charge in [-0.2, -0.15) is 0 Å². The van der Waals surface area contributed by atoms with Crippen molar-refractivity contribution in [1.82, 2.24) is 0 Å². The molecule has 1 fully saturated rings. The Kier molecular flexibility index (Phi) is 7.64. The van der Waals surface area contributed by atoms with Gasteiger partial charge < -0.3 is 14.7 Å². The van der Waals surface area contributed by atoms with Gasteiger partial charge >= 0.3 is 0 Å². The first-order chi connectivity index (χ1) is 26.8. The molecule has 2 unspecified atom stereocenters. The van der Waals surface area contributed by atoms with E-state index in [1.807, 2.05) is 0 Å². The summed E-state index contributed by atoms with van der Waals surface area (Å²) in [4.78, 5) is 8.01. The third-order valence-electron chi connectivity index (χ3n) is 14.3. The molecule has 6 aromatic carbocycles. The number of para-hydroxylation sites is 2. The maximum Gasteiger partial charge on any atom is 0.252 e. The van der Waals surface area contributed by atoms with Gasteiger partial charge in [0.05, 0.1) is 11.2 Å². The van der Waals surface area contributed by atoms with Gasteiger partial charge in [-0.25, -0.2) is 0 Å². The summed E-state index contributed by atoms with van der Waals surface area (Å²) >= 11 is 0. The Balaban J connectivity index is 1.38. The van der Waals surface area contributed by atoms with Crippen molar-refractivity contribution < 1.29 is 0 Å². The van der Waals surface area contributed by atoms with E-state index < -0.39 is 0 Å². The number of anilines is 8. The van der Waals surface area contributed by atoms with Crippen molar-refractivity contribution in [1.29, 1.82) is 0 Å². The van der Waals surface area contributed by atoms with Crippen LogP contribution in [0.15, 0.2) is 115 Å². The van der Waals surface area contributed by atoms with Gasteiger partial charge in [0.15, 0.2) is 0 Å². The van der Waals surface area contributed by atoms with Gasteiger partial charge in [-0.15, -0.1) is 0 Å². The highest BCUT2D eigenvalue weighted by molar-refractivity contribution is 7.00. The molecule has 6 aromatic rings. The zero-order valence-electron chi connectivity index (χ0n) is 34.7. The lowest BCUT2D eigenvalue weighted by atomic mass is 9.33. The monoisotopic (exact) mass is 731 g/mol. The fourth-order valence-corrected chi connectivity index (χ4v) is 11.1. The SMILES string of the molecule is Cc1cccc(N2c3cc(C)ccc3B3c4cc(C(C)(C)C)cc5c4N(c4cc(N(c6ccccc6C)c6ccccc6C)cc2c43)C2(C)CCCCC52C)c1. The Morgan fingerprint density at radius 2 is 1.29 bits per heavy atom. The smallest absolute Gasteiger partial charge is 0.252 e. The maximum atomic E-state index is 2.88. The minimum atomic E-state index is -0.0753. The molecule has 0 radical (unpaired) electrons. The topological polar surface area (TPSA) is 9.72 Å². The molecule has 4 aliphatic rings. The highest BCUT2D eigenvalue weighted by Gasteiger charge is 2.61. The molecule has 280 valence electrons. The van der Waals surface area contributed by atoms with Gasteiger partial charge in [0.1, 0.15) is 0 Å². The van der Waals surface area contributed by atoms with Crippen molar-refractivity contribution in [2.45, 2.75) is 104 Å². The summed E-state index contributed by atoms with van der Waals surface area (Å²) in [6.07, 6.45) is 4.90. The van der Waals surface area contributed by atoms with E-state index in [0.717, 1.165) is 0 Å². The largest absolute Gasteiger partial charge is 0.335 e. The summed E-state index contributed by atoms with van der Waals surface area (Å²) in [6.45, 7) is 21.5. The molecule has 0 saturated heterocycles. The number of rotatable bonds is 4. The fraction of sp³-hybridized carbons (Fsp3) is 0.308. The van der Waals surface area contributed by atoms with Crippen LogP contribution in [0.2, 0.25) is 0 Å². The number of benzene rings is 6. The Morgan fingerprint density at radius 1 is 0.625 bits per heavy atom. The summed E-state index contributed by atoms with van der Waals surface area (Å²) in [5, 5.41) is 0. The summed E-state index contributed by atoms with van der Waals surface area (Å²) < 4.78 is 0. The second-order valence-electron chi connectivity index (χ2n) is 18.8. The van der Waals surface area contributed by atoms with Crippen LogP contribution in [0.25, 0.3) is 0 Å². The Labute approximate surface area is 335 Å². The summed E-state index contributed by atoms with van der Waals surface area (Å²) in [5.41, 5.74) is 22.6. The van der Waals surface area contributed by atoms with E-state index in [2.05, 4.69) is 192 Å². The van der Waals surface area contributed by atoms with Gasteiger partial charge in [-0.1, -0.05) is 113 Å². The lowest BCUT2D eigenvalue weighted by Gasteiger charge is -2.53. The number of fused-ring (bicyclic) bond motifs is 7. The molecular formula is C52H54BN3. The van der Waals surface area contributed by atoms with E-state index in [9.17, 15) is 0 Å². The second-order valence-corrected chi connectivity index (χ2v) is 18.8. The third-order valence-corrected chi connectivity index (χ3v) is 14.3. The molecule has 4 heteroatoms. The quantitative estimate of drug-likeness (QED) is 0.167. The fourth-order valence-electron chi connectivity index (χ4n) is 11.1. The molecule has 0 spiro atoms. The van der Waals surface area contributed by atoms with Crippen molar-refractivity contribution in [3.05, 3.63) is 149 Å². The van der Waals surface area contributed by atoms with Gasteiger partial charge in [0, 0.05) is 45.2 Å². The normalized spacial score (nSPS) is 20.3. The predicted molar refractivity (Wildman–Crippen MR) is 241 cm³/mol. The Morgan fingerprint density at radius 3 is 1.96 bits per heavy atom. The lowest BCUT2D eigenvalue weighted by molar-refractivity contribution is 0.195. The zero-order chi connectivity index (χ0) is 38.9. The Hall–Kier alpha value is -5.22. The van der Waals surface area contributed by atoms with E-state index in [-0.39, 0.29) is 23.1 Å². The molecule has 3 aliphatic heterocycles. The van der Waals surface area contributed by atoms with Crippen LogP contribution >= 0.6 is 0 Å². The summed E-state index contributed by atoms with van der Waals surface area (Å²) in [7, 11) is 0. The maximum absolute atomic E-state index is 2.88. The van der Waals surface area contributed by atoms with Crippen molar-refractivity contribution in [3.8, 4) is 0 Å². The van der Waals surface area contributed by atoms with E-state index in [4.69, 9.17) is 0 Å². The molecule has 3 nitrogen and oxygen atoms in total. The number of hydrogen-bond acceptors (Lipinski definition) is 3. The van der Waals surface area contributed by atoms with Crippen molar-refractivity contribution in [3.63, 3.8) is 0 Å². The molecular weight excluding hydrogens is 677 g/mol. The summed E-state index contributed by atoms with van der Waals surface area (Å²) in [6, 6.07) is 44.5. The van der Waals surface area contributed by atoms with Crippen molar-refractivity contribution >= 4 is 68.6 Å². The number of hydrogen-bond donors (Lipinski definition) is 0. The highest BCUT2D eigenvalue weighted by Crippen LogP contribution is 2.62. The molecule has 1 saturated carbocycles. The first-order valence-corrected chi connectivity index (χ1v) is 20.9. The van der Waals surface area contributed by atoms with Crippen LogP contribution < -0.4 is 31.1 Å². The number of nitrogens with zero attached hydrogens (tertiary/aromatic N) is 3. The second kappa shape index (κ2) is 12.1.